The monoisotopic (exact) mass is 210 g/mol. The molecule has 0 aliphatic carbocycles. The Balaban J connectivity index is 2.60. The number of anilines is 1. The fourth-order valence-electron chi connectivity index (χ4n) is 1.48. The number of nitrogen functional groups attached to an aromatic ring is 1. The van der Waals surface area contributed by atoms with E-state index in [9.17, 15) is 0 Å². The third kappa shape index (κ3) is 1.71. The number of hydrogen-bond acceptors (Lipinski definition) is 4. The Morgan fingerprint density at radius 3 is 2.50 bits per heavy atom. The van der Waals surface area contributed by atoms with E-state index in [2.05, 4.69) is 9.97 Å². The molecule has 0 spiro atoms. The third-order valence-corrected chi connectivity index (χ3v) is 2.25. The second-order valence-electron chi connectivity index (χ2n) is 3.37. The molecule has 0 unspecified atom stereocenters. The van der Waals surface area contributed by atoms with Gasteiger partial charge in [0.1, 0.15) is 6.07 Å². The number of nitriles is 1. The van der Waals surface area contributed by atoms with Gasteiger partial charge in [-0.2, -0.15) is 5.26 Å². The number of benzene rings is 1. The molecule has 1 aromatic carbocycles. The average molecular weight is 210 g/mol. The maximum absolute atomic E-state index is 8.77. The molecule has 4 heteroatoms. The molecule has 2 N–H and O–H groups in total. The molecule has 0 saturated heterocycles. The van der Waals surface area contributed by atoms with Gasteiger partial charge in [0, 0.05) is 5.56 Å². The quantitative estimate of drug-likeness (QED) is 0.780. The molecule has 2 rings (SSSR count). The number of aryl methyl sites for hydroxylation is 1. The number of hydrogen-bond donors (Lipinski definition) is 1. The number of nitrogens with two attached hydrogens (primary N) is 1. The standard InChI is InChI=1S/C12H10N4/c1-8-11(9-5-3-2-4-6-9)16-12(14)10(7-13)15-8/h2-6H,1H3,(H2,14,16). The Morgan fingerprint density at radius 1 is 1.19 bits per heavy atom. The van der Waals surface area contributed by atoms with Crippen molar-refractivity contribution >= 4 is 5.82 Å². The van der Waals surface area contributed by atoms with Crippen LogP contribution >= 0.6 is 0 Å². The van der Waals surface area contributed by atoms with Crippen LogP contribution in [0, 0.1) is 18.3 Å². The molecule has 0 saturated carbocycles. The van der Waals surface area contributed by atoms with Gasteiger partial charge < -0.3 is 5.73 Å². The van der Waals surface area contributed by atoms with Crippen molar-refractivity contribution in [1.82, 2.24) is 9.97 Å². The lowest BCUT2D eigenvalue weighted by atomic mass is 10.1. The summed E-state index contributed by atoms with van der Waals surface area (Å²) < 4.78 is 0. The van der Waals surface area contributed by atoms with Crippen molar-refractivity contribution in [3.8, 4) is 17.3 Å². The minimum Gasteiger partial charge on any atom is -0.381 e. The molecule has 0 aliphatic heterocycles. The van der Waals surface area contributed by atoms with Crippen LogP contribution in [0.1, 0.15) is 11.4 Å². The molecule has 0 bridgehead atoms. The first kappa shape index (κ1) is 10.1. The third-order valence-electron chi connectivity index (χ3n) is 2.25. The van der Waals surface area contributed by atoms with E-state index < -0.39 is 0 Å². The number of aromatic nitrogens is 2. The maximum Gasteiger partial charge on any atom is 0.183 e. The van der Waals surface area contributed by atoms with Gasteiger partial charge in [0.15, 0.2) is 11.5 Å². The van der Waals surface area contributed by atoms with Crippen molar-refractivity contribution in [2.24, 2.45) is 0 Å². The Morgan fingerprint density at radius 2 is 1.88 bits per heavy atom. The summed E-state index contributed by atoms with van der Waals surface area (Å²) in [4.78, 5) is 8.33. The Labute approximate surface area is 93.4 Å². The van der Waals surface area contributed by atoms with Gasteiger partial charge in [-0.25, -0.2) is 9.97 Å². The summed E-state index contributed by atoms with van der Waals surface area (Å²) in [5.41, 5.74) is 8.19. The van der Waals surface area contributed by atoms with Crippen molar-refractivity contribution < 1.29 is 0 Å². The smallest absolute Gasteiger partial charge is 0.183 e. The van der Waals surface area contributed by atoms with E-state index in [0.717, 1.165) is 11.3 Å². The van der Waals surface area contributed by atoms with Gasteiger partial charge in [-0.1, -0.05) is 30.3 Å². The molecule has 78 valence electrons. The van der Waals surface area contributed by atoms with E-state index in [0.29, 0.717) is 5.69 Å². The highest BCUT2D eigenvalue weighted by molar-refractivity contribution is 5.64. The van der Waals surface area contributed by atoms with Crippen molar-refractivity contribution in [1.29, 1.82) is 5.26 Å². The first-order valence-electron chi connectivity index (χ1n) is 4.82. The topological polar surface area (TPSA) is 75.6 Å². The zero-order valence-electron chi connectivity index (χ0n) is 8.81. The first-order chi connectivity index (χ1) is 7.72. The summed E-state index contributed by atoms with van der Waals surface area (Å²) in [5, 5.41) is 8.77. The molecular weight excluding hydrogens is 200 g/mol. The average Bonchev–Trinajstić information content (AvgIpc) is 2.32. The van der Waals surface area contributed by atoms with Crippen molar-refractivity contribution in [2.45, 2.75) is 6.92 Å². The van der Waals surface area contributed by atoms with Crippen LogP contribution in [0.5, 0.6) is 0 Å². The van der Waals surface area contributed by atoms with Gasteiger partial charge in [0.2, 0.25) is 0 Å². The van der Waals surface area contributed by atoms with Gasteiger partial charge >= 0.3 is 0 Å². The lowest BCUT2D eigenvalue weighted by molar-refractivity contribution is 1.10. The Bertz CT molecular complexity index is 555. The van der Waals surface area contributed by atoms with Crippen LogP contribution in [-0.2, 0) is 0 Å². The summed E-state index contributed by atoms with van der Waals surface area (Å²) in [6, 6.07) is 11.6. The normalized spacial score (nSPS) is 9.75. The van der Waals surface area contributed by atoms with Gasteiger partial charge in [-0.15, -0.1) is 0 Å². The highest BCUT2D eigenvalue weighted by Gasteiger charge is 2.09. The molecule has 0 amide bonds. The molecule has 0 radical (unpaired) electrons. The van der Waals surface area contributed by atoms with Crippen LogP contribution in [0.2, 0.25) is 0 Å². The molecule has 16 heavy (non-hydrogen) atoms. The predicted octanol–water partition coefficient (Wildman–Crippen LogP) is 1.91. The summed E-state index contributed by atoms with van der Waals surface area (Å²) in [7, 11) is 0. The van der Waals surface area contributed by atoms with E-state index in [1.165, 1.54) is 0 Å². The molecule has 1 aromatic heterocycles. The summed E-state index contributed by atoms with van der Waals surface area (Å²) >= 11 is 0. The van der Waals surface area contributed by atoms with Crippen LogP contribution in [-0.4, -0.2) is 9.97 Å². The van der Waals surface area contributed by atoms with E-state index in [4.69, 9.17) is 11.0 Å². The zero-order valence-corrected chi connectivity index (χ0v) is 8.81. The van der Waals surface area contributed by atoms with Crippen LogP contribution in [0.15, 0.2) is 30.3 Å². The van der Waals surface area contributed by atoms with Gasteiger partial charge in [-0.05, 0) is 6.92 Å². The number of nitrogens with zero attached hydrogens (tertiary/aromatic N) is 3. The van der Waals surface area contributed by atoms with Gasteiger partial charge in [-0.3, -0.25) is 0 Å². The highest BCUT2D eigenvalue weighted by atomic mass is 14.9. The second-order valence-corrected chi connectivity index (χ2v) is 3.37. The van der Waals surface area contributed by atoms with E-state index >= 15 is 0 Å². The fourth-order valence-corrected chi connectivity index (χ4v) is 1.48. The van der Waals surface area contributed by atoms with Crippen LogP contribution in [0.25, 0.3) is 11.3 Å². The summed E-state index contributed by atoms with van der Waals surface area (Å²) in [5.74, 6) is 0.173. The van der Waals surface area contributed by atoms with Gasteiger partial charge in [0.05, 0.1) is 11.4 Å². The van der Waals surface area contributed by atoms with Gasteiger partial charge in [0.25, 0.3) is 0 Å². The zero-order chi connectivity index (χ0) is 11.5. The predicted molar refractivity (Wildman–Crippen MR) is 61.3 cm³/mol. The molecular formula is C12H10N4. The first-order valence-corrected chi connectivity index (χ1v) is 4.82. The molecule has 0 aliphatic rings. The summed E-state index contributed by atoms with van der Waals surface area (Å²) in [6.45, 7) is 1.82. The SMILES string of the molecule is Cc1nc(C#N)c(N)nc1-c1ccccc1. The lowest BCUT2D eigenvalue weighted by Crippen LogP contribution is -2.02. The van der Waals surface area contributed by atoms with Crippen molar-refractivity contribution in [2.75, 3.05) is 5.73 Å². The van der Waals surface area contributed by atoms with E-state index in [1.54, 1.807) is 0 Å². The molecule has 0 atom stereocenters. The molecule has 4 nitrogen and oxygen atoms in total. The second kappa shape index (κ2) is 3.99. The van der Waals surface area contributed by atoms with Crippen molar-refractivity contribution in [3.05, 3.63) is 41.7 Å². The van der Waals surface area contributed by atoms with Crippen LogP contribution in [0.3, 0.4) is 0 Å². The van der Waals surface area contributed by atoms with Crippen molar-refractivity contribution in [3.63, 3.8) is 0 Å². The highest BCUT2D eigenvalue weighted by Crippen LogP contribution is 2.21. The molecule has 1 heterocycles. The maximum atomic E-state index is 8.77. The summed E-state index contributed by atoms with van der Waals surface area (Å²) in [6.07, 6.45) is 0. The Hall–Kier alpha value is -2.41. The minimum absolute atomic E-state index is 0.173. The van der Waals surface area contributed by atoms with E-state index in [1.807, 2.05) is 43.3 Å². The fraction of sp³-hybridized carbons (Fsp3) is 0.0833. The van der Waals surface area contributed by atoms with Crippen LogP contribution in [0.4, 0.5) is 5.82 Å². The molecule has 0 fully saturated rings. The van der Waals surface area contributed by atoms with E-state index in [-0.39, 0.29) is 11.5 Å². The minimum atomic E-state index is 0.173. The van der Waals surface area contributed by atoms with Crippen LogP contribution < -0.4 is 5.73 Å². The molecule has 2 aromatic rings. The lowest BCUT2D eigenvalue weighted by Gasteiger charge is -2.06. The Kier molecular flexibility index (Phi) is 2.52. The number of rotatable bonds is 1. The largest absolute Gasteiger partial charge is 0.381 e.